The molecular formula is C15H19N5O3. The molecular weight excluding hydrogens is 298 g/mol. The lowest BCUT2D eigenvalue weighted by molar-refractivity contribution is -0.121. The van der Waals surface area contributed by atoms with Crippen LogP contribution in [0.1, 0.15) is 23.2 Å². The first kappa shape index (κ1) is 16.5. The number of nitrogens with zero attached hydrogens (tertiary/aromatic N) is 3. The average molecular weight is 317 g/mol. The van der Waals surface area contributed by atoms with E-state index in [-0.39, 0.29) is 17.6 Å². The third kappa shape index (κ3) is 5.77. The number of aromatic nitrogens is 3. The van der Waals surface area contributed by atoms with Crippen LogP contribution in [0.25, 0.3) is 0 Å². The molecule has 2 aromatic rings. The largest absolute Gasteiger partial charge is 0.508 e. The molecule has 1 aromatic carbocycles. The van der Waals surface area contributed by atoms with Gasteiger partial charge in [-0.1, -0.05) is 6.07 Å². The lowest BCUT2D eigenvalue weighted by atomic mass is 10.2. The van der Waals surface area contributed by atoms with Gasteiger partial charge in [-0.15, -0.1) is 0 Å². The number of phenolic OH excluding ortho intramolecular Hbond substituents is 1. The number of carbonyl (C=O) groups is 2. The van der Waals surface area contributed by atoms with Gasteiger partial charge in [0.05, 0.1) is 6.54 Å². The van der Waals surface area contributed by atoms with Gasteiger partial charge in [-0.3, -0.25) is 14.3 Å². The Morgan fingerprint density at radius 2 is 2.04 bits per heavy atom. The molecule has 0 saturated heterocycles. The van der Waals surface area contributed by atoms with Crippen LogP contribution in [0.4, 0.5) is 0 Å². The molecule has 0 atom stereocenters. The van der Waals surface area contributed by atoms with Crippen LogP contribution < -0.4 is 10.6 Å². The van der Waals surface area contributed by atoms with Gasteiger partial charge in [-0.05, 0) is 24.6 Å². The van der Waals surface area contributed by atoms with Gasteiger partial charge >= 0.3 is 0 Å². The van der Waals surface area contributed by atoms with Crippen LogP contribution in [0.5, 0.6) is 5.75 Å². The maximum atomic E-state index is 11.8. The van der Waals surface area contributed by atoms with Crippen LogP contribution in [0, 0.1) is 0 Å². The summed E-state index contributed by atoms with van der Waals surface area (Å²) >= 11 is 0. The van der Waals surface area contributed by atoms with E-state index in [4.69, 9.17) is 0 Å². The molecule has 0 aliphatic heterocycles. The molecule has 0 fully saturated rings. The second-order valence-corrected chi connectivity index (χ2v) is 4.92. The number of nitrogens with one attached hydrogen (secondary N) is 2. The predicted molar refractivity (Wildman–Crippen MR) is 82.7 cm³/mol. The summed E-state index contributed by atoms with van der Waals surface area (Å²) in [5, 5.41) is 18.7. The van der Waals surface area contributed by atoms with Gasteiger partial charge in [0.25, 0.3) is 5.91 Å². The Labute approximate surface area is 133 Å². The first-order valence-electron chi connectivity index (χ1n) is 7.31. The highest BCUT2D eigenvalue weighted by Gasteiger charge is 2.05. The van der Waals surface area contributed by atoms with Gasteiger partial charge in [-0.25, -0.2) is 4.98 Å². The van der Waals surface area contributed by atoms with Crippen molar-refractivity contribution in [1.29, 1.82) is 0 Å². The van der Waals surface area contributed by atoms with E-state index in [1.165, 1.54) is 18.5 Å². The van der Waals surface area contributed by atoms with E-state index in [1.54, 1.807) is 23.1 Å². The molecule has 3 N–H and O–H groups in total. The Balaban J connectivity index is 1.56. The Morgan fingerprint density at radius 3 is 2.78 bits per heavy atom. The summed E-state index contributed by atoms with van der Waals surface area (Å²) < 4.78 is 1.59. The smallest absolute Gasteiger partial charge is 0.251 e. The second kappa shape index (κ2) is 8.52. The van der Waals surface area contributed by atoms with Crippen molar-refractivity contribution in [3.63, 3.8) is 0 Å². The van der Waals surface area contributed by atoms with E-state index >= 15 is 0 Å². The predicted octanol–water partition coefficient (Wildman–Crippen LogP) is 0.310. The fraction of sp³-hybridized carbons (Fsp3) is 0.333. The first-order valence-corrected chi connectivity index (χ1v) is 7.31. The highest BCUT2D eigenvalue weighted by molar-refractivity contribution is 5.94. The molecule has 1 heterocycles. The monoisotopic (exact) mass is 317 g/mol. The number of rotatable bonds is 8. The van der Waals surface area contributed by atoms with Crippen molar-refractivity contribution in [2.45, 2.75) is 19.4 Å². The highest BCUT2D eigenvalue weighted by Crippen LogP contribution is 2.10. The number of hydrogen-bond donors (Lipinski definition) is 3. The number of carbonyl (C=O) groups excluding carboxylic acids is 2. The van der Waals surface area contributed by atoms with E-state index in [1.807, 2.05) is 0 Å². The van der Waals surface area contributed by atoms with Crippen molar-refractivity contribution in [3.8, 4) is 5.75 Å². The van der Waals surface area contributed by atoms with Gasteiger partial charge in [0.2, 0.25) is 5.91 Å². The zero-order valence-electron chi connectivity index (χ0n) is 12.6. The van der Waals surface area contributed by atoms with Crippen LogP contribution in [-0.2, 0) is 11.3 Å². The van der Waals surface area contributed by atoms with E-state index in [0.29, 0.717) is 38.0 Å². The van der Waals surface area contributed by atoms with Crippen molar-refractivity contribution < 1.29 is 14.7 Å². The molecule has 0 aliphatic carbocycles. The van der Waals surface area contributed by atoms with E-state index in [9.17, 15) is 14.7 Å². The average Bonchev–Trinajstić information content (AvgIpc) is 3.06. The summed E-state index contributed by atoms with van der Waals surface area (Å²) in [7, 11) is 0. The topological polar surface area (TPSA) is 109 Å². The zero-order valence-corrected chi connectivity index (χ0v) is 12.6. The number of aromatic hydroxyl groups is 1. The molecule has 0 bridgehead atoms. The molecule has 2 rings (SSSR count). The fourth-order valence-electron chi connectivity index (χ4n) is 1.92. The van der Waals surface area contributed by atoms with E-state index in [2.05, 4.69) is 20.7 Å². The van der Waals surface area contributed by atoms with Gasteiger partial charge in [-0.2, -0.15) is 5.10 Å². The van der Waals surface area contributed by atoms with Crippen molar-refractivity contribution >= 4 is 11.8 Å². The Morgan fingerprint density at radius 1 is 1.22 bits per heavy atom. The van der Waals surface area contributed by atoms with Crippen molar-refractivity contribution in [2.24, 2.45) is 0 Å². The number of benzene rings is 1. The summed E-state index contributed by atoms with van der Waals surface area (Å²) in [4.78, 5) is 27.2. The van der Waals surface area contributed by atoms with E-state index < -0.39 is 0 Å². The second-order valence-electron chi connectivity index (χ2n) is 4.92. The molecule has 8 nitrogen and oxygen atoms in total. The number of amides is 2. The molecule has 23 heavy (non-hydrogen) atoms. The molecule has 0 aliphatic rings. The van der Waals surface area contributed by atoms with Crippen LogP contribution >= 0.6 is 0 Å². The molecule has 8 heteroatoms. The maximum Gasteiger partial charge on any atom is 0.251 e. The van der Waals surface area contributed by atoms with Gasteiger partial charge in [0.15, 0.2) is 0 Å². The van der Waals surface area contributed by atoms with Crippen molar-refractivity contribution in [3.05, 3.63) is 42.5 Å². The van der Waals surface area contributed by atoms with Crippen LogP contribution in [0.15, 0.2) is 36.9 Å². The zero-order chi connectivity index (χ0) is 16.5. The number of aryl methyl sites for hydroxylation is 1. The number of hydrogen-bond acceptors (Lipinski definition) is 5. The third-order valence-corrected chi connectivity index (χ3v) is 3.10. The summed E-state index contributed by atoms with van der Waals surface area (Å²) in [5.74, 6) is -0.268. The van der Waals surface area contributed by atoms with Crippen LogP contribution in [0.2, 0.25) is 0 Å². The fourth-order valence-corrected chi connectivity index (χ4v) is 1.92. The third-order valence-electron chi connectivity index (χ3n) is 3.10. The minimum atomic E-state index is -0.251. The van der Waals surface area contributed by atoms with Crippen LogP contribution in [0.3, 0.4) is 0 Å². The van der Waals surface area contributed by atoms with Gasteiger partial charge in [0.1, 0.15) is 18.4 Å². The standard InChI is InChI=1S/C15H19N5O3/c21-13-4-1-3-12(9-13)15(23)18-7-2-6-17-14(22)5-8-20-11-16-10-19-20/h1,3-4,9-11,21H,2,5-8H2,(H,17,22)(H,18,23). The maximum absolute atomic E-state index is 11.8. The number of phenols is 1. The molecule has 2 amide bonds. The lowest BCUT2D eigenvalue weighted by Crippen LogP contribution is -2.30. The summed E-state index contributed by atoms with van der Waals surface area (Å²) in [6.45, 7) is 1.41. The summed E-state index contributed by atoms with van der Waals surface area (Å²) in [6, 6.07) is 6.15. The molecule has 1 aromatic heterocycles. The summed E-state index contributed by atoms with van der Waals surface area (Å²) in [5.41, 5.74) is 0.405. The summed E-state index contributed by atoms with van der Waals surface area (Å²) in [6.07, 6.45) is 3.94. The van der Waals surface area contributed by atoms with Crippen LogP contribution in [-0.4, -0.2) is 44.8 Å². The van der Waals surface area contributed by atoms with E-state index in [0.717, 1.165) is 0 Å². The van der Waals surface area contributed by atoms with Gasteiger partial charge in [0, 0.05) is 25.1 Å². The van der Waals surface area contributed by atoms with Crippen molar-refractivity contribution in [2.75, 3.05) is 13.1 Å². The Kier molecular flexibility index (Phi) is 6.10. The normalized spacial score (nSPS) is 10.3. The quantitative estimate of drug-likeness (QED) is 0.607. The molecule has 0 radical (unpaired) electrons. The molecule has 0 saturated carbocycles. The minimum Gasteiger partial charge on any atom is -0.508 e. The Bertz CT molecular complexity index is 642. The first-order chi connectivity index (χ1) is 11.1. The SMILES string of the molecule is O=C(CCn1cncn1)NCCCNC(=O)c1cccc(O)c1. The van der Waals surface area contributed by atoms with Crippen molar-refractivity contribution in [1.82, 2.24) is 25.4 Å². The highest BCUT2D eigenvalue weighted by atomic mass is 16.3. The van der Waals surface area contributed by atoms with Gasteiger partial charge < -0.3 is 15.7 Å². The molecule has 122 valence electrons. The minimum absolute atomic E-state index is 0.0531. The lowest BCUT2D eigenvalue weighted by Gasteiger charge is -2.07. The Hall–Kier alpha value is -2.90. The molecule has 0 unspecified atom stereocenters. The molecule has 0 spiro atoms.